The van der Waals surface area contributed by atoms with Crippen molar-refractivity contribution in [1.29, 1.82) is 0 Å². The molecule has 188 valence electrons. The molecule has 37 heavy (non-hydrogen) atoms. The van der Waals surface area contributed by atoms with E-state index in [4.69, 9.17) is 45.3 Å². The molecule has 1 aliphatic heterocycles. The van der Waals surface area contributed by atoms with E-state index in [9.17, 15) is 24.6 Å². The van der Waals surface area contributed by atoms with Gasteiger partial charge in [0.2, 0.25) is 17.4 Å². The van der Waals surface area contributed by atoms with E-state index in [1.807, 2.05) is 0 Å². The van der Waals surface area contributed by atoms with Gasteiger partial charge in [-0.25, -0.2) is 4.79 Å². The number of nitrogens with one attached hydrogen (secondary N) is 1. The minimum atomic E-state index is -1.24. The number of H-pyrrole nitrogens is 1. The van der Waals surface area contributed by atoms with Gasteiger partial charge >= 0.3 is 5.97 Å². The van der Waals surface area contributed by atoms with Gasteiger partial charge in [-0.1, -0.05) is 40.9 Å². The van der Waals surface area contributed by atoms with E-state index in [-0.39, 0.29) is 72.4 Å². The van der Waals surface area contributed by atoms with Gasteiger partial charge in [-0.3, -0.25) is 14.2 Å². The molecule has 0 bridgehead atoms. The lowest BCUT2D eigenvalue weighted by atomic mass is 10.0. The molecule has 0 radical (unpaired) electrons. The maximum absolute atomic E-state index is 13.7. The fourth-order valence-electron chi connectivity index (χ4n) is 4.09. The van der Waals surface area contributed by atoms with Gasteiger partial charge in [0.15, 0.2) is 0 Å². The Labute approximate surface area is 223 Å². The number of carboxylic acids is 1. The van der Waals surface area contributed by atoms with Crippen LogP contribution in [0.1, 0.15) is 61.0 Å². The Bertz CT molecular complexity index is 1650. The summed E-state index contributed by atoms with van der Waals surface area (Å²) in [5, 5.41) is 19.8. The van der Waals surface area contributed by atoms with Gasteiger partial charge in [-0.05, 0) is 48.9 Å². The van der Waals surface area contributed by atoms with Crippen molar-refractivity contribution in [3.8, 4) is 23.1 Å². The van der Waals surface area contributed by atoms with Gasteiger partial charge in [0.25, 0.3) is 0 Å². The fourth-order valence-corrected chi connectivity index (χ4v) is 4.72. The standard InChI is InChI=1S/C25H16Cl3N3O6/c1-9(29)10-2-4-12(16(32)6-10)21(33)15-8-14(26)24-31(15)20-18(27)23(28)30-19(20)22(34)13-5-3-11(25(35)36)7-17(13)37-24/h2-9,30,32H,29H2,1H3,(H,35,36). The van der Waals surface area contributed by atoms with Crippen molar-refractivity contribution in [3.63, 3.8) is 0 Å². The van der Waals surface area contributed by atoms with E-state index in [1.54, 1.807) is 13.0 Å². The molecule has 9 nitrogen and oxygen atoms in total. The lowest BCUT2D eigenvalue weighted by molar-refractivity contribution is 0.0695. The SMILES string of the molecule is CC(N)c1ccc(C(=O)c2cc(Cl)c3n2-c2c([nH]c(Cl)c2Cl)C(=O)c2ccc(C(=O)O)cc2O3)c(O)c1. The molecule has 5 rings (SSSR count). The second-order valence-corrected chi connectivity index (χ2v) is 9.50. The molecule has 3 heterocycles. The lowest BCUT2D eigenvalue weighted by Gasteiger charge is -2.20. The summed E-state index contributed by atoms with van der Waals surface area (Å²) in [6.45, 7) is 1.73. The van der Waals surface area contributed by atoms with Crippen LogP contribution in [0.2, 0.25) is 15.2 Å². The smallest absolute Gasteiger partial charge is 0.335 e. The number of phenols is 1. The Morgan fingerprint density at radius 1 is 1.11 bits per heavy atom. The predicted molar refractivity (Wildman–Crippen MR) is 136 cm³/mol. The summed E-state index contributed by atoms with van der Waals surface area (Å²) in [5.41, 5.74) is 6.10. The minimum absolute atomic E-state index is 0.00145. The zero-order chi connectivity index (χ0) is 26.8. The number of ether oxygens (including phenoxy) is 1. The van der Waals surface area contributed by atoms with Crippen LogP contribution in [-0.4, -0.2) is 37.3 Å². The number of carbonyl (C=O) groups excluding carboxylic acids is 2. The highest BCUT2D eigenvalue weighted by molar-refractivity contribution is 6.43. The monoisotopic (exact) mass is 559 g/mol. The summed E-state index contributed by atoms with van der Waals surface area (Å²) in [5.74, 6) is -3.07. The molecule has 0 amide bonds. The summed E-state index contributed by atoms with van der Waals surface area (Å²) in [6, 6.07) is 9.02. The molecule has 5 N–H and O–H groups in total. The largest absolute Gasteiger partial charge is 0.507 e. The Hall–Kier alpha value is -3.76. The van der Waals surface area contributed by atoms with E-state index in [2.05, 4.69) is 4.98 Å². The maximum Gasteiger partial charge on any atom is 0.335 e. The molecule has 1 unspecified atom stereocenters. The van der Waals surface area contributed by atoms with Crippen molar-refractivity contribution >= 4 is 52.3 Å². The normalized spacial score (nSPS) is 13.1. The molecule has 0 aliphatic carbocycles. The number of benzene rings is 2. The summed E-state index contributed by atoms with van der Waals surface area (Å²) >= 11 is 19.2. The van der Waals surface area contributed by atoms with Crippen LogP contribution in [0.25, 0.3) is 5.69 Å². The Morgan fingerprint density at radius 3 is 2.49 bits per heavy atom. The van der Waals surface area contributed by atoms with Crippen molar-refractivity contribution in [2.24, 2.45) is 5.73 Å². The maximum atomic E-state index is 13.7. The number of fused-ring (bicyclic) bond motifs is 4. The van der Waals surface area contributed by atoms with Crippen LogP contribution in [0.15, 0.2) is 42.5 Å². The number of hydrogen-bond acceptors (Lipinski definition) is 6. The zero-order valence-corrected chi connectivity index (χ0v) is 21.1. The number of hydrogen-bond donors (Lipinski definition) is 4. The number of rotatable bonds is 4. The van der Waals surface area contributed by atoms with E-state index < -0.39 is 17.5 Å². The highest BCUT2D eigenvalue weighted by atomic mass is 35.5. The molecule has 1 aliphatic rings. The third-order valence-electron chi connectivity index (χ3n) is 5.94. The molecule has 1 atom stereocenters. The predicted octanol–water partition coefficient (Wildman–Crippen LogP) is 5.76. The van der Waals surface area contributed by atoms with Crippen molar-refractivity contribution in [1.82, 2.24) is 9.55 Å². The number of nitrogens with zero attached hydrogens (tertiary/aromatic N) is 1. The number of halogens is 3. The highest BCUT2D eigenvalue weighted by Gasteiger charge is 2.34. The van der Waals surface area contributed by atoms with Crippen LogP contribution in [0.4, 0.5) is 0 Å². The molecule has 12 heteroatoms. The van der Waals surface area contributed by atoms with Gasteiger partial charge in [0.05, 0.1) is 28.1 Å². The summed E-state index contributed by atoms with van der Waals surface area (Å²) in [6.07, 6.45) is 0. The summed E-state index contributed by atoms with van der Waals surface area (Å²) in [4.78, 5) is 41.4. The van der Waals surface area contributed by atoms with Gasteiger partial charge in [-0.15, -0.1) is 0 Å². The molecule has 0 saturated carbocycles. The van der Waals surface area contributed by atoms with Crippen LogP contribution >= 0.6 is 34.8 Å². The zero-order valence-electron chi connectivity index (χ0n) is 18.8. The third-order valence-corrected chi connectivity index (χ3v) is 6.96. The molecule has 2 aromatic heterocycles. The topological polar surface area (TPSA) is 148 Å². The summed E-state index contributed by atoms with van der Waals surface area (Å²) in [7, 11) is 0. The molecule has 2 aromatic carbocycles. The number of aromatic hydroxyl groups is 1. The summed E-state index contributed by atoms with van der Waals surface area (Å²) < 4.78 is 7.15. The molecule has 0 fully saturated rings. The first-order valence-corrected chi connectivity index (χ1v) is 11.8. The molecular formula is C25H16Cl3N3O6. The second kappa shape index (κ2) is 8.97. The van der Waals surface area contributed by atoms with Crippen molar-refractivity contribution in [2.75, 3.05) is 0 Å². The van der Waals surface area contributed by atoms with Crippen LogP contribution < -0.4 is 10.5 Å². The molecule has 0 saturated heterocycles. The van der Waals surface area contributed by atoms with E-state index in [0.717, 1.165) is 0 Å². The van der Waals surface area contributed by atoms with Crippen LogP contribution in [0.5, 0.6) is 17.4 Å². The minimum Gasteiger partial charge on any atom is -0.507 e. The number of ketones is 2. The Kier molecular flexibility index (Phi) is 6.04. The first kappa shape index (κ1) is 24.9. The Balaban J connectivity index is 1.78. The quantitative estimate of drug-likeness (QED) is 0.204. The molecule has 0 spiro atoms. The van der Waals surface area contributed by atoms with E-state index in [1.165, 1.54) is 41.0 Å². The van der Waals surface area contributed by atoms with Gasteiger partial charge in [0.1, 0.15) is 32.4 Å². The second-order valence-electron chi connectivity index (χ2n) is 8.34. The number of aromatic carboxylic acids is 1. The average Bonchev–Trinajstić information content (AvgIpc) is 3.32. The van der Waals surface area contributed by atoms with Gasteiger partial charge in [-0.2, -0.15) is 0 Å². The van der Waals surface area contributed by atoms with E-state index in [0.29, 0.717) is 5.56 Å². The highest BCUT2D eigenvalue weighted by Crippen LogP contribution is 2.45. The fraction of sp³-hybridized carbons (Fsp3) is 0.0800. The lowest BCUT2D eigenvalue weighted by Crippen LogP contribution is -2.17. The number of carboxylic acid groups (broad SMARTS) is 1. The van der Waals surface area contributed by atoms with Gasteiger partial charge < -0.3 is 25.7 Å². The van der Waals surface area contributed by atoms with Crippen LogP contribution in [-0.2, 0) is 0 Å². The van der Waals surface area contributed by atoms with E-state index >= 15 is 0 Å². The van der Waals surface area contributed by atoms with Crippen molar-refractivity contribution in [3.05, 3.63) is 91.3 Å². The van der Waals surface area contributed by atoms with Crippen molar-refractivity contribution in [2.45, 2.75) is 13.0 Å². The van der Waals surface area contributed by atoms with Crippen LogP contribution in [0.3, 0.4) is 0 Å². The van der Waals surface area contributed by atoms with Gasteiger partial charge in [0, 0.05) is 6.04 Å². The average molecular weight is 561 g/mol. The first-order valence-electron chi connectivity index (χ1n) is 10.7. The number of phenolic OH excluding ortho intramolecular Hbond substituents is 1. The third kappa shape index (κ3) is 3.96. The number of aromatic nitrogens is 2. The van der Waals surface area contributed by atoms with Crippen LogP contribution in [0, 0.1) is 0 Å². The number of carbonyl (C=O) groups is 3. The molecule has 4 aromatic rings. The first-order chi connectivity index (χ1) is 17.5. The van der Waals surface area contributed by atoms with Crippen molar-refractivity contribution < 1.29 is 29.3 Å². The number of aromatic amines is 1. The Morgan fingerprint density at radius 2 is 1.84 bits per heavy atom. The number of nitrogens with two attached hydrogens (primary N) is 1. The molecular weight excluding hydrogens is 545 g/mol.